The van der Waals surface area contributed by atoms with Gasteiger partial charge in [0, 0.05) is 38.1 Å². The monoisotopic (exact) mass is 757 g/mol. The summed E-state index contributed by atoms with van der Waals surface area (Å²) in [4.78, 5) is 72.0. The predicted octanol–water partition coefficient (Wildman–Crippen LogP) is 3.57. The normalized spacial score (nSPS) is 19.5. The zero-order valence-electron chi connectivity index (χ0n) is 30.2. The number of pyridine rings is 1. The van der Waals surface area contributed by atoms with Crippen molar-refractivity contribution in [3.63, 3.8) is 0 Å². The average Bonchev–Trinajstić information content (AvgIpc) is 3.20. The SMILES string of the molecule is O=C1COc2ccc(cc2)C[C@@H](C(=O)O)NC(=O)[C@H](Cc2cccc(F)c2)NC(=O)[C@@H](Cc2ccc(-c3ccccc3)cc2)NC(=O)[C@H](Cc2ccncc2)N1. The lowest BCUT2D eigenvalue weighted by Crippen LogP contribution is -2.59. The van der Waals surface area contributed by atoms with Crippen molar-refractivity contribution < 1.29 is 38.2 Å². The molecule has 5 aromatic rings. The first-order valence-electron chi connectivity index (χ1n) is 18.0. The van der Waals surface area contributed by atoms with Gasteiger partial charge in [-0.2, -0.15) is 0 Å². The van der Waals surface area contributed by atoms with Gasteiger partial charge in [0.15, 0.2) is 6.61 Å². The van der Waals surface area contributed by atoms with Crippen LogP contribution < -0.4 is 26.0 Å². The zero-order valence-corrected chi connectivity index (χ0v) is 30.2. The number of halogens is 1. The Labute approximate surface area is 322 Å². The van der Waals surface area contributed by atoms with Crippen LogP contribution in [0.5, 0.6) is 5.75 Å². The molecule has 0 radical (unpaired) electrons. The molecule has 7 rings (SSSR count). The number of benzene rings is 4. The third-order valence-electron chi connectivity index (χ3n) is 9.28. The van der Waals surface area contributed by atoms with Crippen molar-refractivity contribution in [2.75, 3.05) is 6.61 Å². The van der Waals surface area contributed by atoms with Gasteiger partial charge in [-0.15, -0.1) is 0 Å². The number of hydrogen-bond acceptors (Lipinski definition) is 7. The van der Waals surface area contributed by atoms with Gasteiger partial charge < -0.3 is 31.1 Å². The van der Waals surface area contributed by atoms with Crippen LogP contribution >= 0.6 is 0 Å². The Kier molecular flexibility index (Phi) is 12.8. The molecule has 0 fully saturated rings. The van der Waals surface area contributed by atoms with Gasteiger partial charge in [-0.25, -0.2) is 9.18 Å². The maximum atomic E-state index is 14.3. The molecule has 13 heteroatoms. The Hall–Kier alpha value is -6.89. The van der Waals surface area contributed by atoms with Crippen molar-refractivity contribution in [3.05, 3.63) is 156 Å². The van der Waals surface area contributed by atoms with E-state index in [4.69, 9.17) is 4.74 Å². The van der Waals surface area contributed by atoms with Gasteiger partial charge in [-0.1, -0.05) is 78.9 Å². The molecule has 2 aliphatic heterocycles. The van der Waals surface area contributed by atoms with Gasteiger partial charge in [0.25, 0.3) is 5.91 Å². The summed E-state index contributed by atoms with van der Waals surface area (Å²) < 4.78 is 20.0. The number of carboxylic acid groups (broad SMARTS) is 1. The summed E-state index contributed by atoms with van der Waals surface area (Å²) >= 11 is 0. The van der Waals surface area contributed by atoms with E-state index in [9.17, 15) is 33.5 Å². The summed E-state index contributed by atoms with van der Waals surface area (Å²) in [7, 11) is 0. The number of rotatable bonds is 8. The number of aliphatic carboxylic acids is 1. The molecule has 3 heterocycles. The second-order valence-corrected chi connectivity index (χ2v) is 13.4. The van der Waals surface area contributed by atoms with E-state index < -0.39 is 66.2 Å². The Balaban J connectivity index is 1.35. The van der Waals surface area contributed by atoms with Crippen LogP contribution in [0.15, 0.2) is 128 Å². The first-order chi connectivity index (χ1) is 27.1. The first-order valence-corrected chi connectivity index (χ1v) is 18.0. The van der Waals surface area contributed by atoms with Crippen LogP contribution in [0.4, 0.5) is 4.39 Å². The Morgan fingerprint density at radius 1 is 0.643 bits per heavy atom. The van der Waals surface area contributed by atoms with E-state index in [1.807, 2.05) is 54.6 Å². The Morgan fingerprint density at radius 3 is 1.84 bits per heavy atom. The molecule has 0 aliphatic carbocycles. The fourth-order valence-electron chi connectivity index (χ4n) is 6.34. The van der Waals surface area contributed by atoms with Gasteiger partial charge in [0.2, 0.25) is 17.7 Å². The average molecular weight is 758 g/mol. The highest BCUT2D eigenvalue weighted by molar-refractivity contribution is 5.95. The van der Waals surface area contributed by atoms with E-state index in [0.29, 0.717) is 28.0 Å². The molecule has 1 aromatic heterocycles. The molecule has 2 bridgehead atoms. The highest BCUT2D eigenvalue weighted by atomic mass is 19.1. The summed E-state index contributed by atoms with van der Waals surface area (Å²) in [5.41, 5.74) is 4.19. The highest BCUT2D eigenvalue weighted by Gasteiger charge is 2.32. The van der Waals surface area contributed by atoms with Crippen LogP contribution in [-0.4, -0.2) is 70.5 Å². The molecule has 0 saturated heterocycles. The van der Waals surface area contributed by atoms with E-state index >= 15 is 0 Å². The van der Waals surface area contributed by atoms with Gasteiger partial charge >= 0.3 is 5.97 Å². The van der Waals surface area contributed by atoms with Crippen LogP contribution in [0.3, 0.4) is 0 Å². The number of nitrogens with one attached hydrogen (secondary N) is 4. The minimum atomic E-state index is -1.40. The lowest BCUT2D eigenvalue weighted by atomic mass is 9.98. The zero-order chi connectivity index (χ0) is 39.4. The van der Waals surface area contributed by atoms with E-state index in [1.54, 1.807) is 54.9 Å². The molecule has 0 saturated carbocycles. The third-order valence-corrected chi connectivity index (χ3v) is 9.28. The van der Waals surface area contributed by atoms with Crippen LogP contribution in [0.2, 0.25) is 0 Å². The van der Waals surface area contributed by atoms with Crippen molar-refractivity contribution >= 4 is 29.6 Å². The van der Waals surface area contributed by atoms with Crippen LogP contribution in [-0.2, 0) is 49.7 Å². The molecule has 12 nitrogen and oxygen atoms in total. The Bertz CT molecular complexity index is 2150. The lowest BCUT2D eigenvalue weighted by Gasteiger charge is -2.26. The van der Waals surface area contributed by atoms with Crippen molar-refractivity contribution in [1.29, 1.82) is 0 Å². The van der Waals surface area contributed by atoms with Crippen molar-refractivity contribution in [2.45, 2.75) is 49.9 Å². The third kappa shape index (κ3) is 10.8. The summed E-state index contributed by atoms with van der Waals surface area (Å²) in [6.07, 6.45) is 2.83. The first kappa shape index (κ1) is 38.8. The standard InChI is InChI=1S/C43H40FN5O7/c44-33-8-4-5-30(21-33)25-37-42(53)49-38(43(54)55)24-28-11-15-34(16-12-28)56-26-39(50)46-35(23-29-17-19-45-20-18-29)40(51)47-36(41(52)48-37)22-27-9-13-32(14-10-27)31-6-2-1-3-7-31/h1-21,35-38H,22-26H2,(H,46,50)(H,47,51)(H,48,52)(H,49,53)(H,54,55)/t35-,36+,37-,38-/m0/s1. The maximum absolute atomic E-state index is 14.3. The van der Waals surface area contributed by atoms with E-state index in [2.05, 4.69) is 26.3 Å². The van der Waals surface area contributed by atoms with E-state index in [-0.39, 0.29) is 25.7 Å². The molecular weight excluding hydrogens is 717 g/mol. The number of carboxylic acids is 1. The number of aromatic nitrogens is 1. The second kappa shape index (κ2) is 18.4. The number of fused-ring (bicyclic) bond motifs is 16. The summed E-state index contributed by atoms with van der Waals surface area (Å²) in [6.45, 7) is -0.438. The van der Waals surface area contributed by atoms with Crippen molar-refractivity contribution in [3.8, 4) is 16.9 Å². The van der Waals surface area contributed by atoms with Gasteiger partial charge in [-0.3, -0.25) is 24.2 Å². The molecule has 56 heavy (non-hydrogen) atoms. The lowest BCUT2D eigenvalue weighted by molar-refractivity contribution is -0.142. The molecule has 4 amide bonds. The van der Waals surface area contributed by atoms with Crippen LogP contribution in [0, 0.1) is 5.82 Å². The summed E-state index contributed by atoms with van der Waals surface area (Å²) in [5, 5.41) is 20.8. The molecule has 286 valence electrons. The van der Waals surface area contributed by atoms with Gasteiger partial charge in [0.05, 0.1) is 0 Å². The topological polar surface area (TPSA) is 176 Å². The van der Waals surface area contributed by atoms with E-state index in [0.717, 1.165) is 11.1 Å². The minimum Gasteiger partial charge on any atom is -0.484 e. The minimum absolute atomic E-state index is 0.0221. The van der Waals surface area contributed by atoms with Crippen LogP contribution in [0.25, 0.3) is 11.1 Å². The molecule has 0 spiro atoms. The number of nitrogens with zero attached hydrogens (tertiary/aromatic N) is 1. The van der Waals surface area contributed by atoms with Gasteiger partial charge in [0.1, 0.15) is 35.7 Å². The number of carbonyl (C=O) groups is 5. The molecule has 4 aromatic carbocycles. The van der Waals surface area contributed by atoms with Crippen molar-refractivity contribution in [2.24, 2.45) is 0 Å². The van der Waals surface area contributed by atoms with Gasteiger partial charge in [-0.05, 0) is 69.8 Å². The number of ether oxygens (including phenoxy) is 1. The van der Waals surface area contributed by atoms with Crippen LogP contribution in [0.1, 0.15) is 22.3 Å². The highest BCUT2D eigenvalue weighted by Crippen LogP contribution is 2.20. The number of hydrogen-bond donors (Lipinski definition) is 5. The fourth-order valence-corrected chi connectivity index (χ4v) is 6.34. The second-order valence-electron chi connectivity index (χ2n) is 13.4. The van der Waals surface area contributed by atoms with Crippen molar-refractivity contribution in [1.82, 2.24) is 26.3 Å². The molecule has 4 atom stereocenters. The smallest absolute Gasteiger partial charge is 0.326 e. The molecule has 2 aliphatic rings. The number of amides is 4. The molecule has 5 N–H and O–H groups in total. The number of carbonyl (C=O) groups excluding carboxylic acids is 4. The quantitative estimate of drug-likeness (QED) is 0.149. The molecular formula is C43H40FN5O7. The van der Waals surface area contributed by atoms with E-state index in [1.165, 1.54) is 18.2 Å². The Morgan fingerprint density at radius 2 is 1.21 bits per heavy atom. The summed E-state index contributed by atoms with van der Waals surface area (Å²) in [6, 6.07) is 27.1. The summed E-state index contributed by atoms with van der Waals surface area (Å²) in [5.74, 6) is -4.44. The fraction of sp³-hybridized carbons (Fsp3) is 0.209. The predicted molar refractivity (Wildman–Crippen MR) is 205 cm³/mol. The molecule has 0 unspecified atom stereocenters. The largest absolute Gasteiger partial charge is 0.484 e. The maximum Gasteiger partial charge on any atom is 0.326 e.